The monoisotopic (exact) mass is 437 g/mol. The molecule has 2 aromatic rings. The van der Waals surface area contributed by atoms with Gasteiger partial charge in [0, 0.05) is 10.7 Å². The third-order valence-corrected chi connectivity index (χ3v) is 6.31. The lowest BCUT2D eigenvalue weighted by Gasteiger charge is -2.34. The normalized spacial score (nSPS) is 27.6. The van der Waals surface area contributed by atoms with E-state index >= 15 is 0 Å². The fourth-order valence-corrected chi connectivity index (χ4v) is 5.14. The van der Waals surface area contributed by atoms with Crippen LogP contribution in [0.1, 0.15) is 17.2 Å². The van der Waals surface area contributed by atoms with E-state index in [0.717, 1.165) is 15.6 Å². The smallest absolute Gasteiger partial charge is 0.240 e. The molecule has 4 unspecified atom stereocenters. The quantitative estimate of drug-likeness (QED) is 0.731. The van der Waals surface area contributed by atoms with Crippen molar-refractivity contribution in [2.45, 2.75) is 12.1 Å². The number of fused-ring (bicyclic) bond motifs is 5. The van der Waals surface area contributed by atoms with Gasteiger partial charge in [0.25, 0.3) is 0 Å². The van der Waals surface area contributed by atoms with Crippen LogP contribution in [0, 0.1) is 11.8 Å². The molecule has 3 heterocycles. The molecule has 7 heteroatoms. The number of carbonyl (C=O) groups excluding carboxylic acids is 3. The summed E-state index contributed by atoms with van der Waals surface area (Å²) < 4.78 is 0.765. The lowest BCUT2D eigenvalue weighted by Crippen LogP contribution is -2.46. The maximum absolute atomic E-state index is 13.4. The van der Waals surface area contributed by atoms with Gasteiger partial charge in [-0.1, -0.05) is 46.3 Å². The van der Waals surface area contributed by atoms with Gasteiger partial charge in [-0.05, 0) is 35.4 Å². The number of benzene rings is 2. The Bertz CT molecular complexity index is 1070. The van der Waals surface area contributed by atoms with E-state index < -0.39 is 29.8 Å². The zero-order valence-corrected chi connectivity index (χ0v) is 16.2. The number of nitrogens with two attached hydrogens (primary N) is 1. The molecule has 0 radical (unpaired) electrons. The number of carbonyl (C=O) groups is 3. The molecule has 28 heavy (non-hydrogen) atoms. The van der Waals surface area contributed by atoms with Crippen LogP contribution in [0.25, 0.3) is 6.08 Å². The fraction of sp³-hybridized carbons (Fsp3) is 0.190. The van der Waals surface area contributed by atoms with Crippen molar-refractivity contribution in [3.05, 3.63) is 70.3 Å². The largest absolute Gasteiger partial charge is 0.368 e. The molecule has 140 valence electrons. The van der Waals surface area contributed by atoms with Crippen molar-refractivity contribution < 1.29 is 14.4 Å². The van der Waals surface area contributed by atoms with E-state index in [1.54, 1.807) is 29.3 Å². The zero-order chi connectivity index (χ0) is 19.6. The summed E-state index contributed by atoms with van der Waals surface area (Å²) in [6.45, 7) is 0. The molecule has 2 fully saturated rings. The number of rotatable bonds is 2. The minimum Gasteiger partial charge on any atom is -0.368 e. The van der Waals surface area contributed by atoms with Crippen LogP contribution < -0.4 is 10.6 Å². The Hall–Kier alpha value is -2.93. The Kier molecular flexibility index (Phi) is 3.71. The number of imide groups is 1. The summed E-state index contributed by atoms with van der Waals surface area (Å²) in [7, 11) is 0. The maximum Gasteiger partial charge on any atom is 0.240 e. The second-order valence-electron chi connectivity index (χ2n) is 7.23. The van der Waals surface area contributed by atoms with Crippen molar-refractivity contribution in [3.8, 4) is 0 Å². The van der Waals surface area contributed by atoms with Crippen LogP contribution in [0.4, 0.5) is 5.69 Å². The van der Waals surface area contributed by atoms with E-state index in [4.69, 9.17) is 5.73 Å². The molecule has 3 aliphatic rings. The van der Waals surface area contributed by atoms with Gasteiger partial charge in [-0.25, -0.2) is 4.90 Å². The van der Waals surface area contributed by atoms with Crippen molar-refractivity contribution in [1.29, 1.82) is 0 Å². The SMILES string of the molecule is NC(=O)C1C2C(=O)N(c3cccc(Br)c3)C(=O)C2C2c3ccccc3C=CN12. The third kappa shape index (κ3) is 2.22. The Morgan fingerprint density at radius 2 is 1.75 bits per heavy atom. The second kappa shape index (κ2) is 6.04. The van der Waals surface area contributed by atoms with E-state index in [1.165, 1.54) is 4.90 Å². The van der Waals surface area contributed by atoms with Crippen LogP contribution in [0.3, 0.4) is 0 Å². The first kappa shape index (κ1) is 17.2. The Morgan fingerprint density at radius 1 is 1.00 bits per heavy atom. The molecule has 2 aromatic carbocycles. The van der Waals surface area contributed by atoms with Crippen molar-refractivity contribution in [2.24, 2.45) is 17.6 Å². The minimum absolute atomic E-state index is 0.294. The summed E-state index contributed by atoms with van der Waals surface area (Å²) in [5, 5.41) is 0. The molecule has 3 aliphatic heterocycles. The highest BCUT2D eigenvalue weighted by Crippen LogP contribution is 2.53. The van der Waals surface area contributed by atoms with Gasteiger partial charge in [-0.3, -0.25) is 14.4 Å². The molecule has 6 nitrogen and oxygen atoms in total. The zero-order valence-electron chi connectivity index (χ0n) is 14.7. The summed E-state index contributed by atoms with van der Waals surface area (Å²) >= 11 is 3.38. The van der Waals surface area contributed by atoms with Gasteiger partial charge in [0.2, 0.25) is 17.7 Å². The summed E-state index contributed by atoms with van der Waals surface area (Å²) in [4.78, 5) is 42.0. The van der Waals surface area contributed by atoms with Gasteiger partial charge in [0.05, 0.1) is 23.6 Å². The highest BCUT2D eigenvalue weighted by molar-refractivity contribution is 9.10. The highest BCUT2D eigenvalue weighted by atomic mass is 79.9. The Labute approximate surface area is 169 Å². The van der Waals surface area contributed by atoms with Gasteiger partial charge >= 0.3 is 0 Å². The number of hydrogen-bond acceptors (Lipinski definition) is 4. The predicted octanol–water partition coefficient (Wildman–Crippen LogP) is 2.45. The van der Waals surface area contributed by atoms with E-state index in [9.17, 15) is 14.4 Å². The first-order chi connectivity index (χ1) is 13.5. The lowest BCUT2D eigenvalue weighted by molar-refractivity contribution is -0.129. The standard InChI is InChI=1S/C21H16BrN3O3/c22-12-5-3-6-13(10-12)25-20(27)15-16(21(25)28)18(19(23)26)24-9-8-11-4-1-2-7-14(11)17(15)24/h1-10,15-18H,(H2,23,26). The molecule has 0 aromatic heterocycles. The Morgan fingerprint density at radius 3 is 2.50 bits per heavy atom. The average Bonchev–Trinajstić information content (AvgIpc) is 3.15. The van der Waals surface area contributed by atoms with Crippen molar-refractivity contribution in [3.63, 3.8) is 0 Å². The molecule has 3 amide bonds. The molecule has 0 spiro atoms. The topological polar surface area (TPSA) is 83.7 Å². The molecule has 2 saturated heterocycles. The molecule has 0 aliphatic carbocycles. The summed E-state index contributed by atoms with van der Waals surface area (Å²) in [6.07, 6.45) is 3.68. The number of amides is 3. The van der Waals surface area contributed by atoms with Crippen LogP contribution in [0.15, 0.2) is 59.2 Å². The number of primary amides is 1. The average molecular weight is 438 g/mol. The molecular weight excluding hydrogens is 422 g/mol. The van der Waals surface area contributed by atoms with Gasteiger partial charge < -0.3 is 10.6 Å². The Balaban J connectivity index is 1.66. The number of nitrogens with zero attached hydrogens (tertiary/aromatic N) is 2. The summed E-state index contributed by atoms with van der Waals surface area (Å²) in [5.41, 5.74) is 8.10. The van der Waals surface area contributed by atoms with Crippen LogP contribution in [0.5, 0.6) is 0 Å². The first-order valence-corrected chi connectivity index (χ1v) is 9.75. The van der Waals surface area contributed by atoms with E-state index in [2.05, 4.69) is 15.9 Å². The molecule has 0 saturated carbocycles. The van der Waals surface area contributed by atoms with Crippen molar-refractivity contribution in [1.82, 2.24) is 4.90 Å². The van der Waals surface area contributed by atoms with Crippen molar-refractivity contribution in [2.75, 3.05) is 4.90 Å². The van der Waals surface area contributed by atoms with Gasteiger partial charge in [0.15, 0.2) is 0 Å². The second-order valence-corrected chi connectivity index (χ2v) is 8.14. The summed E-state index contributed by atoms with van der Waals surface area (Å²) in [5.74, 6) is -2.73. The first-order valence-electron chi connectivity index (χ1n) is 8.96. The molecule has 5 rings (SSSR count). The maximum atomic E-state index is 13.4. The lowest BCUT2D eigenvalue weighted by atomic mass is 9.84. The number of anilines is 1. The van der Waals surface area contributed by atoms with Crippen LogP contribution in [0.2, 0.25) is 0 Å². The van der Waals surface area contributed by atoms with E-state index in [0.29, 0.717) is 5.69 Å². The third-order valence-electron chi connectivity index (χ3n) is 5.82. The fourth-order valence-electron chi connectivity index (χ4n) is 4.75. The van der Waals surface area contributed by atoms with Crippen LogP contribution in [-0.2, 0) is 14.4 Å². The van der Waals surface area contributed by atoms with Gasteiger partial charge in [-0.15, -0.1) is 0 Å². The molecule has 4 atom stereocenters. The van der Waals surface area contributed by atoms with Crippen molar-refractivity contribution >= 4 is 45.4 Å². The minimum atomic E-state index is -0.854. The van der Waals surface area contributed by atoms with Gasteiger partial charge in [-0.2, -0.15) is 0 Å². The highest BCUT2D eigenvalue weighted by Gasteiger charge is 2.64. The molecule has 2 N–H and O–H groups in total. The number of hydrogen-bond donors (Lipinski definition) is 1. The van der Waals surface area contributed by atoms with Crippen LogP contribution >= 0.6 is 15.9 Å². The predicted molar refractivity (Wildman–Crippen MR) is 107 cm³/mol. The van der Waals surface area contributed by atoms with Crippen LogP contribution in [-0.4, -0.2) is 28.7 Å². The number of halogens is 1. The van der Waals surface area contributed by atoms with E-state index in [-0.39, 0.29) is 11.8 Å². The van der Waals surface area contributed by atoms with E-state index in [1.807, 2.05) is 36.4 Å². The summed E-state index contributed by atoms with van der Waals surface area (Å²) in [6, 6.07) is 13.5. The molecular formula is C21H16BrN3O3. The van der Waals surface area contributed by atoms with Gasteiger partial charge in [0.1, 0.15) is 6.04 Å². The molecule has 0 bridgehead atoms.